The maximum Gasteiger partial charge on any atom is 0.227 e. The Bertz CT molecular complexity index is 850. The van der Waals surface area contributed by atoms with Gasteiger partial charge in [0.15, 0.2) is 0 Å². The molecule has 5 heteroatoms. The van der Waals surface area contributed by atoms with Crippen molar-refractivity contribution in [1.82, 2.24) is 4.90 Å². The molecule has 4 nitrogen and oxygen atoms in total. The summed E-state index contributed by atoms with van der Waals surface area (Å²) in [4.78, 5) is 27.2. The third kappa shape index (κ3) is 3.93. The minimum atomic E-state index is -0.127. The van der Waals surface area contributed by atoms with Crippen LogP contribution in [0.3, 0.4) is 0 Å². The Morgan fingerprint density at radius 2 is 1.93 bits per heavy atom. The molecule has 2 heterocycles. The highest BCUT2D eigenvalue weighted by atomic mass is 79.9. The van der Waals surface area contributed by atoms with Crippen molar-refractivity contribution in [3.05, 3.63) is 64.1 Å². The number of likely N-dealkylation sites (tertiary alicyclic amines) is 1. The summed E-state index contributed by atoms with van der Waals surface area (Å²) in [7, 11) is 0. The van der Waals surface area contributed by atoms with Gasteiger partial charge in [-0.25, -0.2) is 0 Å². The quantitative estimate of drug-likeness (QED) is 0.769. The Morgan fingerprint density at radius 1 is 1.15 bits per heavy atom. The molecule has 2 aliphatic heterocycles. The summed E-state index contributed by atoms with van der Waals surface area (Å²) >= 11 is 3.47. The lowest BCUT2D eigenvalue weighted by molar-refractivity contribution is -0.132. The van der Waals surface area contributed by atoms with E-state index in [1.807, 2.05) is 41.3 Å². The fraction of sp³-hybridized carbons (Fsp3) is 0.364. The minimum absolute atomic E-state index is 0.0346. The third-order valence-electron chi connectivity index (χ3n) is 5.65. The van der Waals surface area contributed by atoms with E-state index in [-0.39, 0.29) is 23.8 Å². The molecule has 0 aromatic heterocycles. The van der Waals surface area contributed by atoms with Gasteiger partial charge in [-0.15, -0.1) is 0 Å². The second-order valence-electron chi connectivity index (χ2n) is 7.38. The molecule has 4 rings (SSSR count). The molecule has 2 aromatic rings. The Kier molecular flexibility index (Phi) is 5.30. The van der Waals surface area contributed by atoms with Gasteiger partial charge in [0.25, 0.3) is 0 Å². The summed E-state index contributed by atoms with van der Waals surface area (Å²) in [5.41, 5.74) is 3.25. The normalized spacial score (nSPS) is 21.7. The number of nitrogens with zero attached hydrogens (tertiary/aromatic N) is 1. The highest BCUT2D eigenvalue weighted by Gasteiger charge is 2.31. The topological polar surface area (TPSA) is 49.4 Å². The van der Waals surface area contributed by atoms with Crippen LogP contribution in [-0.2, 0) is 16.0 Å². The van der Waals surface area contributed by atoms with Crippen molar-refractivity contribution in [2.24, 2.45) is 5.92 Å². The maximum absolute atomic E-state index is 12.9. The Hall–Kier alpha value is -2.14. The number of para-hydroxylation sites is 1. The molecule has 2 unspecified atom stereocenters. The first-order chi connectivity index (χ1) is 13.1. The molecule has 0 spiro atoms. The van der Waals surface area contributed by atoms with E-state index in [2.05, 4.69) is 33.4 Å². The largest absolute Gasteiger partial charge is 0.336 e. The molecule has 27 heavy (non-hydrogen) atoms. The standard InChI is InChI=1S/C22H23BrN2O2/c23-18-10-7-15(8-11-18)20-6-3-13-25(20)21(26)12-9-17-14-16-4-1-2-5-19(16)24-22(17)27/h1-2,4-5,7-8,10-11,17,20H,3,6,9,12-14H2,(H,24,27). The predicted octanol–water partition coefficient (Wildman–Crippen LogP) is 4.70. The van der Waals surface area contributed by atoms with Crippen molar-refractivity contribution in [2.75, 3.05) is 11.9 Å². The number of carbonyl (C=O) groups excluding carboxylic acids is 2. The lowest BCUT2D eigenvalue weighted by Gasteiger charge is -2.27. The first-order valence-corrected chi connectivity index (χ1v) is 10.3. The summed E-state index contributed by atoms with van der Waals surface area (Å²) in [5, 5.41) is 2.97. The summed E-state index contributed by atoms with van der Waals surface area (Å²) < 4.78 is 1.05. The molecule has 1 N–H and O–H groups in total. The van der Waals surface area contributed by atoms with Crippen molar-refractivity contribution in [1.29, 1.82) is 0 Å². The van der Waals surface area contributed by atoms with E-state index in [4.69, 9.17) is 0 Å². The smallest absolute Gasteiger partial charge is 0.227 e. The lowest BCUT2D eigenvalue weighted by atomic mass is 9.89. The van der Waals surface area contributed by atoms with Crippen LogP contribution < -0.4 is 5.32 Å². The monoisotopic (exact) mass is 426 g/mol. The molecule has 0 aliphatic carbocycles. The molecule has 1 fully saturated rings. The van der Waals surface area contributed by atoms with Crippen molar-refractivity contribution >= 4 is 33.4 Å². The zero-order valence-corrected chi connectivity index (χ0v) is 16.7. The predicted molar refractivity (Wildman–Crippen MR) is 109 cm³/mol. The number of amides is 2. The number of hydrogen-bond acceptors (Lipinski definition) is 2. The van der Waals surface area contributed by atoms with Gasteiger partial charge in [-0.05, 0) is 55.0 Å². The number of halogens is 1. The summed E-state index contributed by atoms with van der Waals surface area (Å²) in [6, 6.07) is 16.3. The first kappa shape index (κ1) is 18.2. The van der Waals surface area contributed by atoms with E-state index in [0.717, 1.165) is 35.1 Å². The van der Waals surface area contributed by atoms with Crippen molar-refractivity contribution in [3.8, 4) is 0 Å². The number of fused-ring (bicyclic) bond motifs is 1. The van der Waals surface area contributed by atoms with Crippen molar-refractivity contribution in [3.63, 3.8) is 0 Å². The molecule has 0 saturated carbocycles. The van der Waals surface area contributed by atoms with Crippen LogP contribution in [0.5, 0.6) is 0 Å². The maximum atomic E-state index is 12.9. The molecule has 0 bridgehead atoms. The number of carbonyl (C=O) groups is 2. The van der Waals surface area contributed by atoms with Crippen LogP contribution in [0.4, 0.5) is 5.69 Å². The molecule has 2 aromatic carbocycles. The van der Waals surface area contributed by atoms with E-state index in [1.54, 1.807) is 0 Å². The van der Waals surface area contributed by atoms with Crippen LogP contribution >= 0.6 is 15.9 Å². The first-order valence-electron chi connectivity index (χ1n) is 9.55. The van der Waals surface area contributed by atoms with E-state index >= 15 is 0 Å². The Labute approximate surface area is 168 Å². The van der Waals surface area contributed by atoms with E-state index in [9.17, 15) is 9.59 Å². The highest BCUT2D eigenvalue weighted by Crippen LogP contribution is 2.34. The Morgan fingerprint density at radius 3 is 2.74 bits per heavy atom. The highest BCUT2D eigenvalue weighted by molar-refractivity contribution is 9.10. The van der Waals surface area contributed by atoms with Gasteiger partial charge < -0.3 is 10.2 Å². The van der Waals surface area contributed by atoms with Crippen molar-refractivity contribution < 1.29 is 9.59 Å². The second-order valence-corrected chi connectivity index (χ2v) is 8.30. The zero-order valence-electron chi connectivity index (χ0n) is 15.2. The van der Waals surface area contributed by atoms with Gasteiger partial charge in [0.2, 0.25) is 11.8 Å². The van der Waals surface area contributed by atoms with E-state index in [0.29, 0.717) is 19.3 Å². The molecule has 140 valence electrons. The molecular formula is C22H23BrN2O2. The molecule has 2 amide bonds. The number of nitrogens with one attached hydrogen (secondary N) is 1. The summed E-state index contributed by atoms with van der Waals surface area (Å²) in [6.45, 7) is 0.805. The average Bonchev–Trinajstić information content (AvgIpc) is 3.16. The Balaban J connectivity index is 1.39. The van der Waals surface area contributed by atoms with Crippen LogP contribution in [0.15, 0.2) is 53.0 Å². The van der Waals surface area contributed by atoms with Crippen LogP contribution in [-0.4, -0.2) is 23.3 Å². The summed E-state index contributed by atoms with van der Waals surface area (Å²) in [6.07, 6.45) is 3.77. The zero-order chi connectivity index (χ0) is 18.8. The number of hydrogen-bond donors (Lipinski definition) is 1. The fourth-order valence-electron chi connectivity index (χ4n) is 4.18. The molecule has 0 radical (unpaired) electrons. The third-order valence-corrected chi connectivity index (χ3v) is 6.18. The van der Waals surface area contributed by atoms with Crippen LogP contribution in [0.1, 0.15) is 42.9 Å². The lowest BCUT2D eigenvalue weighted by Crippen LogP contribution is -2.33. The van der Waals surface area contributed by atoms with E-state index in [1.165, 1.54) is 5.56 Å². The minimum Gasteiger partial charge on any atom is -0.336 e. The molecular weight excluding hydrogens is 404 g/mol. The van der Waals surface area contributed by atoms with Gasteiger partial charge in [0.05, 0.1) is 6.04 Å². The van der Waals surface area contributed by atoms with Crippen molar-refractivity contribution in [2.45, 2.75) is 38.1 Å². The van der Waals surface area contributed by atoms with Crippen LogP contribution in [0, 0.1) is 5.92 Å². The summed E-state index contributed by atoms with van der Waals surface area (Å²) in [5.74, 6) is 0.0667. The van der Waals surface area contributed by atoms with Gasteiger partial charge in [-0.2, -0.15) is 0 Å². The SMILES string of the molecule is O=C1Nc2ccccc2CC1CCC(=O)N1CCCC1c1ccc(Br)cc1. The second kappa shape index (κ2) is 7.85. The van der Waals surface area contributed by atoms with E-state index < -0.39 is 0 Å². The van der Waals surface area contributed by atoms with Crippen LogP contribution in [0.25, 0.3) is 0 Å². The van der Waals surface area contributed by atoms with Gasteiger partial charge in [0, 0.05) is 29.0 Å². The fourth-order valence-corrected chi connectivity index (χ4v) is 4.45. The number of anilines is 1. The average molecular weight is 427 g/mol. The van der Waals surface area contributed by atoms with Crippen LogP contribution in [0.2, 0.25) is 0 Å². The van der Waals surface area contributed by atoms with Gasteiger partial charge >= 0.3 is 0 Å². The van der Waals surface area contributed by atoms with Gasteiger partial charge in [-0.3, -0.25) is 9.59 Å². The van der Waals surface area contributed by atoms with Gasteiger partial charge in [-0.1, -0.05) is 46.3 Å². The molecule has 2 aliphatic rings. The van der Waals surface area contributed by atoms with Gasteiger partial charge in [0.1, 0.15) is 0 Å². The molecule has 2 atom stereocenters. The number of rotatable bonds is 4. The molecule has 1 saturated heterocycles. The number of benzene rings is 2.